The highest BCUT2D eigenvalue weighted by Crippen LogP contribution is 2.33. The zero-order chi connectivity index (χ0) is 17.9. The van der Waals surface area contributed by atoms with Crippen LogP contribution in [-0.4, -0.2) is 8.42 Å². The molecule has 3 rings (SSSR count). The van der Waals surface area contributed by atoms with E-state index in [1.54, 1.807) is 24.3 Å². The molecule has 0 heterocycles. The third-order valence-corrected chi connectivity index (χ3v) is 6.10. The Morgan fingerprint density at radius 2 is 1.40 bits per heavy atom. The lowest BCUT2D eigenvalue weighted by Gasteiger charge is -2.31. The molecular weight excluding hydrogens is 330 g/mol. The SMILES string of the molecule is Cc1cccc([C@@H](C)N(c2ccccc2)S(=O)(=O)c2ccccc2)c1. The summed E-state index contributed by atoms with van der Waals surface area (Å²) in [6, 6.07) is 25.4. The first-order valence-corrected chi connectivity index (χ1v) is 9.65. The van der Waals surface area contributed by atoms with Crippen LogP contribution in [0.2, 0.25) is 0 Å². The van der Waals surface area contributed by atoms with Crippen molar-refractivity contribution in [2.75, 3.05) is 4.31 Å². The van der Waals surface area contributed by atoms with Crippen LogP contribution in [0, 0.1) is 6.92 Å². The lowest BCUT2D eigenvalue weighted by Crippen LogP contribution is -2.33. The molecule has 0 unspecified atom stereocenters. The van der Waals surface area contributed by atoms with Gasteiger partial charge >= 0.3 is 0 Å². The highest BCUT2D eigenvalue weighted by Gasteiger charge is 2.30. The molecule has 0 aromatic heterocycles. The first-order valence-electron chi connectivity index (χ1n) is 8.21. The van der Waals surface area contributed by atoms with Crippen molar-refractivity contribution in [3.63, 3.8) is 0 Å². The van der Waals surface area contributed by atoms with Crippen molar-refractivity contribution in [3.05, 3.63) is 96.1 Å². The van der Waals surface area contributed by atoms with E-state index in [4.69, 9.17) is 0 Å². The van der Waals surface area contributed by atoms with Gasteiger partial charge in [0.2, 0.25) is 0 Å². The first-order chi connectivity index (χ1) is 12.0. The standard InChI is InChI=1S/C21H21NO2S/c1-17-10-9-11-19(16-17)18(2)22(20-12-5-3-6-13-20)25(23,24)21-14-7-4-8-15-21/h3-16,18H,1-2H3/t18-/m1/s1. The molecule has 0 aliphatic carbocycles. The molecular formula is C21H21NO2S. The van der Waals surface area contributed by atoms with Crippen LogP contribution in [0.1, 0.15) is 24.1 Å². The predicted octanol–water partition coefficient (Wildman–Crippen LogP) is 4.95. The number of para-hydroxylation sites is 1. The fraction of sp³-hybridized carbons (Fsp3) is 0.143. The molecule has 4 heteroatoms. The number of anilines is 1. The number of aryl methyl sites for hydroxylation is 1. The summed E-state index contributed by atoms with van der Waals surface area (Å²) in [5, 5.41) is 0. The summed E-state index contributed by atoms with van der Waals surface area (Å²) in [6.07, 6.45) is 0. The Hall–Kier alpha value is -2.59. The fourth-order valence-corrected chi connectivity index (χ4v) is 4.58. The molecule has 0 radical (unpaired) electrons. The number of benzene rings is 3. The second-order valence-corrected chi connectivity index (χ2v) is 7.85. The van der Waals surface area contributed by atoms with Gasteiger partial charge in [-0.3, -0.25) is 4.31 Å². The predicted molar refractivity (Wildman–Crippen MR) is 102 cm³/mol. The van der Waals surface area contributed by atoms with Gasteiger partial charge in [-0.1, -0.05) is 66.2 Å². The summed E-state index contributed by atoms with van der Waals surface area (Å²) in [5.41, 5.74) is 2.72. The van der Waals surface area contributed by atoms with Crippen molar-refractivity contribution in [3.8, 4) is 0 Å². The zero-order valence-electron chi connectivity index (χ0n) is 14.3. The van der Waals surface area contributed by atoms with E-state index in [-0.39, 0.29) is 6.04 Å². The van der Waals surface area contributed by atoms with Gasteiger partial charge < -0.3 is 0 Å². The van der Waals surface area contributed by atoms with E-state index in [0.717, 1.165) is 11.1 Å². The molecule has 0 spiro atoms. The zero-order valence-corrected chi connectivity index (χ0v) is 15.1. The summed E-state index contributed by atoms with van der Waals surface area (Å²) in [5.74, 6) is 0. The Morgan fingerprint density at radius 3 is 2.00 bits per heavy atom. The van der Waals surface area contributed by atoms with E-state index < -0.39 is 10.0 Å². The van der Waals surface area contributed by atoms with Crippen LogP contribution < -0.4 is 4.31 Å². The molecule has 25 heavy (non-hydrogen) atoms. The topological polar surface area (TPSA) is 37.4 Å². The molecule has 0 saturated heterocycles. The van der Waals surface area contributed by atoms with E-state index >= 15 is 0 Å². The normalized spacial score (nSPS) is 12.6. The third kappa shape index (κ3) is 3.59. The smallest absolute Gasteiger partial charge is 0.259 e. The number of rotatable bonds is 5. The van der Waals surface area contributed by atoms with Crippen molar-refractivity contribution < 1.29 is 8.42 Å². The summed E-state index contributed by atoms with van der Waals surface area (Å²) < 4.78 is 28.2. The molecule has 0 fully saturated rings. The van der Waals surface area contributed by atoms with Gasteiger partial charge in [0.05, 0.1) is 16.6 Å². The quantitative estimate of drug-likeness (QED) is 0.652. The highest BCUT2D eigenvalue weighted by atomic mass is 32.2. The summed E-state index contributed by atoms with van der Waals surface area (Å²) in [4.78, 5) is 0.290. The van der Waals surface area contributed by atoms with Gasteiger partial charge in [0.1, 0.15) is 0 Å². The lowest BCUT2D eigenvalue weighted by atomic mass is 10.1. The largest absolute Gasteiger partial charge is 0.264 e. The van der Waals surface area contributed by atoms with Crippen molar-refractivity contribution in [1.29, 1.82) is 0 Å². The molecule has 0 bridgehead atoms. The third-order valence-electron chi connectivity index (χ3n) is 4.19. The maximum atomic E-state index is 13.4. The average Bonchev–Trinajstić information content (AvgIpc) is 2.63. The van der Waals surface area contributed by atoms with E-state index in [0.29, 0.717) is 10.6 Å². The van der Waals surface area contributed by atoms with Crippen LogP contribution in [-0.2, 0) is 10.0 Å². The summed E-state index contributed by atoms with van der Waals surface area (Å²) in [6.45, 7) is 3.93. The fourth-order valence-electron chi connectivity index (χ4n) is 2.92. The minimum Gasteiger partial charge on any atom is -0.259 e. The van der Waals surface area contributed by atoms with Gasteiger partial charge in [0.25, 0.3) is 10.0 Å². The summed E-state index contributed by atoms with van der Waals surface area (Å²) >= 11 is 0. The first kappa shape index (κ1) is 17.2. The average molecular weight is 351 g/mol. The van der Waals surface area contributed by atoms with Gasteiger partial charge in [0.15, 0.2) is 0 Å². The Balaban J connectivity index is 2.14. The maximum Gasteiger partial charge on any atom is 0.264 e. The number of hydrogen-bond acceptors (Lipinski definition) is 2. The number of nitrogens with zero attached hydrogens (tertiary/aromatic N) is 1. The Kier molecular flexibility index (Phi) is 4.91. The molecule has 3 aromatic rings. The van der Waals surface area contributed by atoms with Crippen LogP contribution in [0.3, 0.4) is 0 Å². The monoisotopic (exact) mass is 351 g/mol. The van der Waals surface area contributed by atoms with Crippen LogP contribution in [0.15, 0.2) is 89.8 Å². The molecule has 128 valence electrons. The minimum absolute atomic E-state index is 0.290. The molecule has 0 saturated carbocycles. The van der Waals surface area contributed by atoms with Crippen LogP contribution in [0.5, 0.6) is 0 Å². The molecule has 0 N–H and O–H groups in total. The molecule has 0 amide bonds. The Morgan fingerprint density at radius 1 is 0.800 bits per heavy atom. The van der Waals surface area contributed by atoms with Gasteiger partial charge in [0, 0.05) is 0 Å². The second-order valence-electron chi connectivity index (χ2n) is 6.04. The van der Waals surface area contributed by atoms with E-state index in [2.05, 4.69) is 0 Å². The second kappa shape index (κ2) is 7.11. The van der Waals surface area contributed by atoms with Gasteiger partial charge in [-0.05, 0) is 43.7 Å². The lowest BCUT2D eigenvalue weighted by molar-refractivity contribution is 0.583. The highest BCUT2D eigenvalue weighted by molar-refractivity contribution is 7.92. The van der Waals surface area contributed by atoms with Crippen LogP contribution in [0.4, 0.5) is 5.69 Å². The van der Waals surface area contributed by atoms with Crippen molar-refractivity contribution >= 4 is 15.7 Å². The molecule has 1 atom stereocenters. The molecule has 3 aromatic carbocycles. The van der Waals surface area contributed by atoms with E-state index in [9.17, 15) is 8.42 Å². The molecule has 0 aliphatic heterocycles. The van der Waals surface area contributed by atoms with Crippen molar-refractivity contribution in [2.45, 2.75) is 24.8 Å². The minimum atomic E-state index is -3.68. The number of sulfonamides is 1. The van der Waals surface area contributed by atoms with Crippen molar-refractivity contribution in [1.82, 2.24) is 0 Å². The molecule has 3 nitrogen and oxygen atoms in total. The van der Waals surface area contributed by atoms with Gasteiger partial charge in [-0.2, -0.15) is 0 Å². The number of hydrogen-bond donors (Lipinski definition) is 0. The summed E-state index contributed by atoms with van der Waals surface area (Å²) in [7, 11) is -3.68. The van der Waals surface area contributed by atoms with Crippen molar-refractivity contribution in [2.24, 2.45) is 0 Å². The van der Waals surface area contributed by atoms with Gasteiger partial charge in [-0.15, -0.1) is 0 Å². The van der Waals surface area contributed by atoms with Crippen LogP contribution >= 0.6 is 0 Å². The molecule has 0 aliphatic rings. The Labute approximate surface area is 149 Å². The maximum absolute atomic E-state index is 13.4. The van der Waals surface area contributed by atoms with Crippen LogP contribution in [0.25, 0.3) is 0 Å². The van der Waals surface area contributed by atoms with E-state index in [1.165, 1.54) is 4.31 Å². The van der Waals surface area contributed by atoms with E-state index in [1.807, 2.05) is 74.5 Å². The van der Waals surface area contributed by atoms with Gasteiger partial charge in [-0.25, -0.2) is 8.42 Å². The Bertz CT molecular complexity index is 938.